The van der Waals surface area contributed by atoms with Crippen molar-refractivity contribution in [1.29, 1.82) is 0 Å². The Hall–Kier alpha value is -1.41. The summed E-state index contributed by atoms with van der Waals surface area (Å²) in [5.41, 5.74) is 2.45. The van der Waals surface area contributed by atoms with Gasteiger partial charge in [-0.3, -0.25) is 0 Å². The van der Waals surface area contributed by atoms with E-state index < -0.39 is 0 Å². The second-order valence-electron chi connectivity index (χ2n) is 4.91. The molecule has 0 unspecified atom stereocenters. The average Bonchev–Trinajstić information content (AvgIpc) is 2.56. The first kappa shape index (κ1) is 15.5. The van der Waals surface area contributed by atoms with Gasteiger partial charge in [-0.1, -0.05) is 65.7 Å². The van der Waals surface area contributed by atoms with Gasteiger partial charge in [0.15, 0.2) is 0 Å². The van der Waals surface area contributed by atoms with E-state index in [-0.39, 0.29) is 5.25 Å². The summed E-state index contributed by atoms with van der Waals surface area (Å²) in [6.45, 7) is 0. The van der Waals surface area contributed by atoms with Crippen molar-refractivity contribution < 1.29 is 0 Å². The molecule has 0 aliphatic carbocycles. The van der Waals surface area contributed by atoms with E-state index in [0.717, 1.165) is 10.0 Å². The first-order valence-electron chi connectivity index (χ1n) is 6.95. The van der Waals surface area contributed by atoms with E-state index in [9.17, 15) is 0 Å². The van der Waals surface area contributed by atoms with Crippen LogP contribution >= 0.6 is 35.0 Å². The lowest BCUT2D eigenvalue weighted by Gasteiger charge is -2.18. The largest absolute Gasteiger partial charge is 0.113 e. The maximum Gasteiger partial charge on any atom is 0.0593 e. The summed E-state index contributed by atoms with van der Waals surface area (Å²) in [5, 5.41) is 1.71. The summed E-state index contributed by atoms with van der Waals surface area (Å²) < 4.78 is 0. The molecule has 3 rings (SSSR count). The third-order valence-electron chi connectivity index (χ3n) is 3.34. The SMILES string of the molecule is Clc1ccc(C(Sc2ccccc2)c2ccc(Cl)cc2)cc1. The highest BCUT2D eigenvalue weighted by Gasteiger charge is 2.15. The van der Waals surface area contributed by atoms with Crippen molar-refractivity contribution in [3.8, 4) is 0 Å². The second-order valence-corrected chi connectivity index (χ2v) is 6.97. The molecule has 0 bridgehead atoms. The Bertz CT molecular complexity index is 676. The van der Waals surface area contributed by atoms with Crippen molar-refractivity contribution in [2.75, 3.05) is 0 Å². The third kappa shape index (κ3) is 3.86. The molecule has 0 aromatic heterocycles. The van der Waals surface area contributed by atoms with Gasteiger partial charge in [0.1, 0.15) is 0 Å². The standard InChI is InChI=1S/C19H14Cl2S/c20-16-10-6-14(7-11-16)19(15-8-12-17(21)13-9-15)22-18-4-2-1-3-5-18/h1-13,19H. The molecule has 3 aromatic carbocycles. The fraction of sp³-hybridized carbons (Fsp3) is 0.0526. The summed E-state index contributed by atoms with van der Waals surface area (Å²) in [6.07, 6.45) is 0. The lowest BCUT2D eigenvalue weighted by atomic mass is 10.0. The Balaban J connectivity index is 1.97. The Morgan fingerprint density at radius 2 is 1.05 bits per heavy atom. The van der Waals surface area contributed by atoms with Gasteiger partial charge in [-0.15, -0.1) is 11.8 Å². The minimum absolute atomic E-state index is 0.205. The summed E-state index contributed by atoms with van der Waals surface area (Å²) in [6, 6.07) is 26.5. The lowest BCUT2D eigenvalue weighted by Crippen LogP contribution is -1.96. The van der Waals surface area contributed by atoms with Gasteiger partial charge in [-0.05, 0) is 47.5 Å². The first-order chi connectivity index (χ1) is 10.7. The minimum atomic E-state index is 0.205. The maximum absolute atomic E-state index is 6.02. The topological polar surface area (TPSA) is 0 Å². The van der Waals surface area contributed by atoms with Crippen molar-refractivity contribution in [2.45, 2.75) is 10.1 Å². The zero-order chi connectivity index (χ0) is 15.4. The number of hydrogen-bond donors (Lipinski definition) is 0. The molecule has 0 saturated carbocycles. The fourth-order valence-corrected chi connectivity index (χ4v) is 3.66. The number of benzene rings is 3. The van der Waals surface area contributed by atoms with Gasteiger partial charge in [0.05, 0.1) is 5.25 Å². The summed E-state index contributed by atoms with van der Waals surface area (Å²) in [4.78, 5) is 1.23. The summed E-state index contributed by atoms with van der Waals surface area (Å²) in [5.74, 6) is 0. The van der Waals surface area contributed by atoms with E-state index in [0.29, 0.717) is 0 Å². The molecule has 0 heterocycles. The van der Waals surface area contributed by atoms with Crippen LogP contribution in [0.5, 0.6) is 0 Å². The van der Waals surface area contributed by atoms with Crippen molar-refractivity contribution >= 4 is 35.0 Å². The Kier molecular flexibility index (Phi) is 5.09. The third-order valence-corrected chi connectivity index (χ3v) is 5.17. The zero-order valence-corrected chi connectivity index (χ0v) is 14.1. The second kappa shape index (κ2) is 7.23. The fourth-order valence-electron chi connectivity index (χ4n) is 2.24. The number of halogens is 2. The predicted molar refractivity (Wildman–Crippen MR) is 97.0 cm³/mol. The van der Waals surface area contributed by atoms with Crippen LogP contribution in [0.3, 0.4) is 0 Å². The number of hydrogen-bond acceptors (Lipinski definition) is 1. The highest BCUT2D eigenvalue weighted by molar-refractivity contribution is 7.99. The molecule has 0 radical (unpaired) electrons. The molecule has 22 heavy (non-hydrogen) atoms. The van der Waals surface area contributed by atoms with Crippen LogP contribution in [-0.4, -0.2) is 0 Å². The molecule has 0 aliphatic rings. The van der Waals surface area contributed by atoms with E-state index in [1.807, 2.05) is 42.1 Å². The summed E-state index contributed by atoms with van der Waals surface area (Å²) in [7, 11) is 0. The van der Waals surface area contributed by atoms with Crippen molar-refractivity contribution in [3.05, 3.63) is 100 Å². The normalized spacial score (nSPS) is 10.9. The number of rotatable bonds is 4. The van der Waals surface area contributed by atoms with Crippen molar-refractivity contribution in [1.82, 2.24) is 0 Å². The molecule has 0 atom stereocenters. The molecule has 0 N–H and O–H groups in total. The van der Waals surface area contributed by atoms with Crippen LogP contribution in [0.25, 0.3) is 0 Å². The molecule has 0 fully saturated rings. The molecule has 110 valence electrons. The van der Waals surface area contributed by atoms with E-state index in [1.54, 1.807) is 0 Å². The maximum atomic E-state index is 6.02. The Labute approximate surface area is 145 Å². The van der Waals surface area contributed by atoms with Crippen LogP contribution < -0.4 is 0 Å². The Morgan fingerprint density at radius 3 is 1.50 bits per heavy atom. The number of thioether (sulfide) groups is 1. The van der Waals surface area contributed by atoms with Gasteiger partial charge in [-0.2, -0.15) is 0 Å². The van der Waals surface area contributed by atoms with Gasteiger partial charge < -0.3 is 0 Å². The predicted octanol–water partition coefficient (Wildman–Crippen LogP) is 6.88. The van der Waals surface area contributed by atoms with Crippen molar-refractivity contribution in [3.63, 3.8) is 0 Å². The monoisotopic (exact) mass is 344 g/mol. The molecule has 3 heteroatoms. The highest BCUT2D eigenvalue weighted by atomic mass is 35.5. The smallest absolute Gasteiger partial charge is 0.0593 e. The van der Waals surface area contributed by atoms with E-state index in [2.05, 4.69) is 48.5 Å². The summed E-state index contributed by atoms with van der Waals surface area (Å²) >= 11 is 13.9. The van der Waals surface area contributed by atoms with Crippen LogP contribution in [0.4, 0.5) is 0 Å². The zero-order valence-electron chi connectivity index (χ0n) is 11.7. The Morgan fingerprint density at radius 1 is 0.591 bits per heavy atom. The van der Waals surface area contributed by atoms with Gasteiger partial charge in [0, 0.05) is 14.9 Å². The molecule has 0 spiro atoms. The molecular weight excluding hydrogens is 331 g/mol. The van der Waals surface area contributed by atoms with E-state index in [1.165, 1.54) is 16.0 Å². The highest BCUT2D eigenvalue weighted by Crippen LogP contribution is 2.40. The van der Waals surface area contributed by atoms with Crippen LogP contribution in [-0.2, 0) is 0 Å². The molecule has 0 saturated heterocycles. The quantitative estimate of drug-likeness (QED) is 0.465. The van der Waals surface area contributed by atoms with Crippen LogP contribution in [0.1, 0.15) is 16.4 Å². The molecule has 0 aliphatic heterocycles. The van der Waals surface area contributed by atoms with Gasteiger partial charge in [-0.25, -0.2) is 0 Å². The molecule has 3 aromatic rings. The van der Waals surface area contributed by atoms with E-state index in [4.69, 9.17) is 23.2 Å². The lowest BCUT2D eigenvalue weighted by molar-refractivity contribution is 1.15. The van der Waals surface area contributed by atoms with Crippen LogP contribution in [0.2, 0.25) is 10.0 Å². The van der Waals surface area contributed by atoms with Crippen LogP contribution in [0, 0.1) is 0 Å². The van der Waals surface area contributed by atoms with Crippen molar-refractivity contribution in [2.24, 2.45) is 0 Å². The van der Waals surface area contributed by atoms with Gasteiger partial charge in [0.2, 0.25) is 0 Å². The molecule has 0 amide bonds. The molecular formula is C19H14Cl2S. The van der Waals surface area contributed by atoms with Gasteiger partial charge in [0.25, 0.3) is 0 Å². The first-order valence-corrected chi connectivity index (χ1v) is 8.58. The van der Waals surface area contributed by atoms with Gasteiger partial charge >= 0.3 is 0 Å². The molecule has 0 nitrogen and oxygen atoms in total. The minimum Gasteiger partial charge on any atom is -0.113 e. The van der Waals surface area contributed by atoms with E-state index >= 15 is 0 Å². The van der Waals surface area contributed by atoms with Crippen LogP contribution in [0.15, 0.2) is 83.8 Å². The average molecular weight is 345 g/mol.